The van der Waals surface area contributed by atoms with E-state index in [4.69, 9.17) is 9.84 Å². The number of nitrogens with one attached hydrogen (secondary N) is 1. The Morgan fingerprint density at radius 1 is 1.21 bits per heavy atom. The molecule has 0 radical (unpaired) electrons. The van der Waals surface area contributed by atoms with Crippen molar-refractivity contribution in [3.63, 3.8) is 0 Å². The number of aromatic nitrogens is 4. The highest BCUT2D eigenvalue weighted by atomic mass is 32.2. The Hall–Kier alpha value is -3.08. The number of carbonyl (C=O) groups excluding carboxylic acids is 1. The van der Waals surface area contributed by atoms with Gasteiger partial charge in [0.2, 0.25) is 6.36 Å². The predicted octanol–water partition coefficient (Wildman–Crippen LogP) is 2.99. The third-order valence-electron chi connectivity index (χ3n) is 5.42. The lowest BCUT2D eigenvalue weighted by Crippen LogP contribution is -2.63. The van der Waals surface area contributed by atoms with Crippen LogP contribution in [0.1, 0.15) is 49.9 Å². The molecular weight excluding hydrogens is 449 g/mol. The zero-order valence-corrected chi connectivity index (χ0v) is 19.9. The summed E-state index contributed by atoms with van der Waals surface area (Å²) in [6, 6.07) is 3.31. The van der Waals surface area contributed by atoms with Crippen molar-refractivity contribution >= 4 is 26.6 Å². The number of fused-ring (bicyclic) bond motifs is 1. The zero-order valence-electron chi connectivity index (χ0n) is 19.1. The van der Waals surface area contributed by atoms with Crippen LogP contribution in [0.15, 0.2) is 24.5 Å². The second kappa shape index (κ2) is 8.05. The van der Waals surface area contributed by atoms with Crippen LogP contribution < -0.4 is 10.1 Å². The number of hydrogen-bond donors (Lipinski definition) is 1. The highest BCUT2D eigenvalue weighted by Crippen LogP contribution is 2.33. The summed E-state index contributed by atoms with van der Waals surface area (Å²) in [7, 11) is -3.10. The second-order valence-electron chi connectivity index (χ2n) is 8.99. The van der Waals surface area contributed by atoms with Crippen molar-refractivity contribution in [3.8, 4) is 17.0 Å². The maximum atomic E-state index is 13.3. The molecule has 3 aromatic heterocycles. The molecule has 11 heteroatoms. The molecule has 3 aromatic rings. The quantitative estimate of drug-likeness (QED) is 0.583. The predicted molar refractivity (Wildman–Crippen MR) is 122 cm³/mol. The first kappa shape index (κ1) is 23.1. The van der Waals surface area contributed by atoms with Gasteiger partial charge in [-0.05, 0) is 39.8 Å². The van der Waals surface area contributed by atoms with Gasteiger partial charge < -0.3 is 10.1 Å². The summed E-state index contributed by atoms with van der Waals surface area (Å²) in [6.45, 7) is 8.74. The third-order valence-corrected chi connectivity index (χ3v) is 7.58. The molecule has 33 heavy (non-hydrogen) atoms. The molecule has 1 fully saturated rings. The highest BCUT2D eigenvalue weighted by Gasteiger charge is 2.46. The van der Waals surface area contributed by atoms with E-state index in [1.807, 2.05) is 20.8 Å². The molecule has 1 N–H and O–H groups in total. The number of sulfone groups is 1. The van der Waals surface area contributed by atoms with E-state index in [2.05, 4.69) is 15.3 Å². The van der Waals surface area contributed by atoms with E-state index in [0.717, 1.165) is 0 Å². The first-order valence-electron chi connectivity index (χ1n) is 10.6. The summed E-state index contributed by atoms with van der Waals surface area (Å²) in [5.74, 6) is -0.350. The van der Waals surface area contributed by atoms with Crippen LogP contribution in [-0.4, -0.2) is 57.5 Å². The van der Waals surface area contributed by atoms with Gasteiger partial charge in [0.15, 0.2) is 9.84 Å². The average molecular weight is 476 g/mol. The Balaban J connectivity index is 1.75. The van der Waals surface area contributed by atoms with Crippen molar-refractivity contribution < 1.29 is 22.3 Å². The van der Waals surface area contributed by atoms with Gasteiger partial charge in [0.05, 0.1) is 28.8 Å². The molecule has 1 atom stereocenters. The molecule has 9 nitrogen and oxygen atoms in total. The fourth-order valence-corrected chi connectivity index (χ4v) is 6.09. The molecule has 176 valence electrons. The third kappa shape index (κ3) is 4.54. The number of nitrogens with zero attached hydrogens (tertiary/aromatic N) is 4. The lowest BCUT2D eigenvalue weighted by atomic mass is 10.1. The van der Waals surface area contributed by atoms with Crippen molar-refractivity contribution in [1.82, 2.24) is 25.1 Å². The van der Waals surface area contributed by atoms with Crippen molar-refractivity contribution in [2.24, 2.45) is 0 Å². The van der Waals surface area contributed by atoms with Crippen LogP contribution >= 0.6 is 0 Å². The van der Waals surface area contributed by atoms with Crippen LogP contribution in [-0.2, 0) is 9.84 Å². The van der Waals surface area contributed by atoms with Crippen molar-refractivity contribution in [2.75, 3.05) is 11.5 Å². The van der Waals surface area contributed by atoms with Gasteiger partial charge in [-0.3, -0.25) is 19.4 Å². The molecule has 0 aliphatic carbocycles. The van der Waals surface area contributed by atoms with Gasteiger partial charge >= 0.3 is 0 Å². The molecule has 4 heterocycles. The number of halogens is 1. The molecule has 1 amide bonds. The van der Waals surface area contributed by atoms with Crippen LogP contribution in [0.25, 0.3) is 22.2 Å². The van der Waals surface area contributed by atoms with Gasteiger partial charge in [-0.15, -0.1) is 0 Å². The van der Waals surface area contributed by atoms with Crippen LogP contribution in [0, 0.1) is 6.92 Å². The van der Waals surface area contributed by atoms with E-state index in [1.54, 1.807) is 29.9 Å². The SMILES string of the molecule is Cc1ncc(OC(C)F)cc1-c1nn(C(C)C)c2cc(C(=O)NC3(C)CS(=O)(=O)C3)ncc12. The monoisotopic (exact) mass is 475 g/mol. The van der Waals surface area contributed by atoms with Gasteiger partial charge in [-0.1, -0.05) is 0 Å². The number of amides is 1. The van der Waals surface area contributed by atoms with E-state index in [1.165, 1.54) is 13.1 Å². The number of aryl methyl sites for hydroxylation is 1. The lowest BCUT2D eigenvalue weighted by molar-refractivity contribution is 0.0856. The molecule has 0 bridgehead atoms. The Kier molecular flexibility index (Phi) is 5.63. The fourth-order valence-electron chi connectivity index (χ4n) is 4.09. The number of rotatable bonds is 6. The van der Waals surface area contributed by atoms with Gasteiger partial charge in [-0.25, -0.2) is 12.8 Å². The van der Waals surface area contributed by atoms with Crippen molar-refractivity contribution in [2.45, 2.75) is 52.6 Å². The minimum Gasteiger partial charge on any atom is -0.459 e. The summed E-state index contributed by atoms with van der Waals surface area (Å²) in [5.41, 5.74) is 2.01. The maximum absolute atomic E-state index is 13.3. The summed E-state index contributed by atoms with van der Waals surface area (Å²) in [6.07, 6.45) is 1.54. The van der Waals surface area contributed by atoms with E-state index in [0.29, 0.717) is 27.9 Å². The normalized spacial score (nSPS) is 17.5. The van der Waals surface area contributed by atoms with Crippen LogP contribution in [0.4, 0.5) is 4.39 Å². The standard InChI is InChI=1S/C22H26FN5O4S/c1-12(2)28-19-7-18(21(29)26-22(5)10-33(30,31)11-22)25-9-17(19)20(27-28)16-6-15(32-14(4)23)8-24-13(16)3/h6-9,12,14H,10-11H2,1-5H3,(H,26,29). The Morgan fingerprint density at radius 2 is 1.91 bits per heavy atom. The number of alkyl halides is 1. The van der Waals surface area contributed by atoms with E-state index in [-0.39, 0.29) is 29.0 Å². The lowest BCUT2D eigenvalue weighted by Gasteiger charge is -2.38. The Morgan fingerprint density at radius 3 is 2.52 bits per heavy atom. The average Bonchev–Trinajstić information content (AvgIpc) is 3.06. The number of ether oxygens (including phenoxy) is 1. The maximum Gasteiger partial charge on any atom is 0.270 e. The Bertz CT molecular complexity index is 1340. The molecule has 0 saturated carbocycles. The number of carbonyl (C=O) groups is 1. The van der Waals surface area contributed by atoms with Gasteiger partial charge in [0.25, 0.3) is 5.91 Å². The molecule has 1 unspecified atom stereocenters. The van der Waals surface area contributed by atoms with Crippen LogP contribution in [0.3, 0.4) is 0 Å². The van der Waals surface area contributed by atoms with E-state index in [9.17, 15) is 17.6 Å². The van der Waals surface area contributed by atoms with Crippen LogP contribution in [0.5, 0.6) is 5.75 Å². The molecular formula is C22H26FN5O4S. The first-order valence-corrected chi connectivity index (χ1v) is 12.4. The van der Waals surface area contributed by atoms with Crippen molar-refractivity contribution in [3.05, 3.63) is 35.9 Å². The molecule has 4 rings (SSSR count). The highest BCUT2D eigenvalue weighted by molar-refractivity contribution is 7.93. The molecule has 0 spiro atoms. The number of pyridine rings is 2. The minimum atomic E-state index is -3.10. The summed E-state index contributed by atoms with van der Waals surface area (Å²) in [4.78, 5) is 21.4. The second-order valence-corrected chi connectivity index (χ2v) is 11.0. The van der Waals surface area contributed by atoms with Gasteiger partial charge in [0.1, 0.15) is 17.1 Å². The number of hydrogen-bond acceptors (Lipinski definition) is 7. The molecule has 1 aliphatic rings. The molecule has 1 saturated heterocycles. The zero-order chi connectivity index (χ0) is 24.1. The van der Waals surface area contributed by atoms with Gasteiger partial charge in [0, 0.05) is 35.8 Å². The molecule has 0 aromatic carbocycles. The van der Waals surface area contributed by atoms with Gasteiger partial charge in [-0.2, -0.15) is 5.10 Å². The fraction of sp³-hybridized carbons (Fsp3) is 0.455. The first-order chi connectivity index (χ1) is 15.4. The van der Waals surface area contributed by atoms with Crippen LogP contribution in [0.2, 0.25) is 0 Å². The van der Waals surface area contributed by atoms with E-state index < -0.39 is 27.6 Å². The molecule has 1 aliphatic heterocycles. The summed E-state index contributed by atoms with van der Waals surface area (Å²) < 4.78 is 43.4. The van der Waals surface area contributed by atoms with E-state index >= 15 is 0 Å². The summed E-state index contributed by atoms with van der Waals surface area (Å²) in [5, 5.41) is 8.22. The Labute approximate surface area is 191 Å². The smallest absolute Gasteiger partial charge is 0.270 e. The topological polar surface area (TPSA) is 116 Å². The largest absolute Gasteiger partial charge is 0.459 e. The minimum absolute atomic E-state index is 0.0209. The summed E-state index contributed by atoms with van der Waals surface area (Å²) >= 11 is 0. The van der Waals surface area contributed by atoms with Crippen molar-refractivity contribution in [1.29, 1.82) is 0 Å².